The Balaban J connectivity index is 1.97. The minimum Gasteiger partial charge on any atom is -0.310 e. The van der Waals surface area contributed by atoms with Gasteiger partial charge in [0.25, 0.3) is 10.0 Å². The van der Waals surface area contributed by atoms with E-state index in [1.165, 1.54) is 4.31 Å². The predicted octanol–water partition coefficient (Wildman–Crippen LogP) is 3.09. The number of fused-ring (bicyclic) bond motifs is 1. The van der Waals surface area contributed by atoms with E-state index in [0.717, 1.165) is 23.6 Å². The fraction of sp³-hybridized carbons (Fsp3) is 0.571. The first-order valence-corrected chi connectivity index (χ1v) is 10.1. The van der Waals surface area contributed by atoms with Crippen molar-refractivity contribution in [3.05, 3.63) is 28.1 Å². The summed E-state index contributed by atoms with van der Waals surface area (Å²) in [6.07, 6.45) is 0.878. The van der Waals surface area contributed by atoms with Crippen LogP contribution in [0.3, 0.4) is 0 Å². The average Bonchev–Trinajstić information content (AvgIpc) is 3.05. The molecule has 2 aromatic heterocycles. The Labute approximate surface area is 145 Å². The molecule has 0 spiro atoms. The molecule has 0 radical (unpaired) electrons. The molecular formula is C14H19ClN4O2S2. The van der Waals surface area contributed by atoms with Gasteiger partial charge in [-0.15, -0.1) is 21.5 Å². The van der Waals surface area contributed by atoms with Gasteiger partial charge in [0.15, 0.2) is 0 Å². The molecule has 0 saturated heterocycles. The summed E-state index contributed by atoms with van der Waals surface area (Å²) in [5.74, 6) is 1.99. The fourth-order valence-electron chi connectivity index (χ4n) is 3.01. The zero-order chi connectivity index (χ0) is 16.8. The molecule has 0 aliphatic carbocycles. The number of rotatable bonds is 4. The monoisotopic (exact) mass is 374 g/mol. The third-order valence-corrected chi connectivity index (χ3v) is 7.43. The molecule has 0 aromatic carbocycles. The van der Waals surface area contributed by atoms with Crippen molar-refractivity contribution in [2.24, 2.45) is 5.92 Å². The summed E-state index contributed by atoms with van der Waals surface area (Å²) >= 11 is 6.98. The van der Waals surface area contributed by atoms with Gasteiger partial charge in [0.1, 0.15) is 15.9 Å². The standard InChI is InChI=1S/C14H19ClN4O2S2/c1-9(2)6-11-7-18(8-13-17-16-10(3)19(11)13)23(20,21)14-5-4-12(15)22-14/h4-5,9,11H,6-8H2,1-3H3/t11-/m0/s1. The van der Waals surface area contributed by atoms with Crippen molar-refractivity contribution in [1.82, 2.24) is 19.1 Å². The van der Waals surface area contributed by atoms with Crippen LogP contribution in [0, 0.1) is 12.8 Å². The Hall–Kier alpha value is -0.960. The average molecular weight is 375 g/mol. The van der Waals surface area contributed by atoms with Crippen LogP contribution in [-0.4, -0.2) is 34.0 Å². The molecule has 126 valence electrons. The summed E-state index contributed by atoms with van der Waals surface area (Å²) in [5.41, 5.74) is 0. The van der Waals surface area contributed by atoms with Crippen molar-refractivity contribution in [3.63, 3.8) is 0 Å². The van der Waals surface area contributed by atoms with Crippen LogP contribution in [0.4, 0.5) is 0 Å². The van der Waals surface area contributed by atoms with Crippen molar-refractivity contribution in [1.29, 1.82) is 0 Å². The van der Waals surface area contributed by atoms with Crippen molar-refractivity contribution in [3.8, 4) is 0 Å². The smallest absolute Gasteiger partial charge is 0.253 e. The molecule has 1 atom stereocenters. The second-order valence-corrected chi connectivity index (χ2v) is 10.1. The maximum absolute atomic E-state index is 12.9. The van der Waals surface area contributed by atoms with Crippen LogP contribution in [0.25, 0.3) is 0 Å². The topological polar surface area (TPSA) is 68.1 Å². The van der Waals surface area contributed by atoms with Crippen LogP contribution in [0.1, 0.15) is 38.0 Å². The Morgan fingerprint density at radius 3 is 2.74 bits per heavy atom. The summed E-state index contributed by atoms with van der Waals surface area (Å²) in [6, 6.07) is 3.23. The van der Waals surface area contributed by atoms with Gasteiger partial charge >= 0.3 is 0 Å². The lowest BCUT2D eigenvalue weighted by molar-refractivity contribution is 0.249. The minimum atomic E-state index is -3.56. The van der Waals surface area contributed by atoms with Gasteiger partial charge in [-0.3, -0.25) is 0 Å². The first kappa shape index (κ1) is 16.9. The number of halogens is 1. The number of thiophene rings is 1. The number of aromatic nitrogens is 3. The highest BCUT2D eigenvalue weighted by molar-refractivity contribution is 7.91. The van der Waals surface area contributed by atoms with Gasteiger partial charge in [0.2, 0.25) is 0 Å². The van der Waals surface area contributed by atoms with E-state index in [1.54, 1.807) is 12.1 Å². The minimum absolute atomic E-state index is 0.0546. The summed E-state index contributed by atoms with van der Waals surface area (Å²) in [4.78, 5) is 0. The van der Waals surface area contributed by atoms with Crippen LogP contribution in [-0.2, 0) is 16.6 Å². The molecule has 1 aliphatic rings. The van der Waals surface area contributed by atoms with Crippen LogP contribution >= 0.6 is 22.9 Å². The Morgan fingerprint density at radius 2 is 2.13 bits per heavy atom. The molecule has 0 amide bonds. The van der Waals surface area contributed by atoms with Gasteiger partial charge in [-0.1, -0.05) is 25.4 Å². The zero-order valence-corrected chi connectivity index (χ0v) is 15.6. The molecule has 3 rings (SSSR count). The van der Waals surface area contributed by atoms with Gasteiger partial charge in [-0.25, -0.2) is 8.42 Å². The largest absolute Gasteiger partial charge is 0.310 e. The molecule has 0 N–H and O–H groups in total. The summed E-state index contributed by atoms with van der Waals surface area (Å²) in [5, 5.41) is 8.28. The second kappa shape index (κ2) is 6.16. The lowest BCUT2D eigenvalue weighted by atomic mass is 10.0. The van der Waals surface area contributed by atoms with E-state index in [1.807, 2.05) is 6.92 Å². The van der Waals surface area contributed by atoms with Crippen LogP contribution < -0.4 is 0 Å². The van der Waals surface area contributed by atoms with Crippen LogP contribution in [0.2, 0.25) is 4.34 Å². The molecule has 1 aliphatic heterocycles. The van der Waals surface area contributed by atoms with E-state index < -0.39 is 10.0 Å². The molecule has 9 heteroatoms. The van der Waals surface area contributed by atoms with E-state index >= 15 is 0 Å². The van der Waals surface area contributed by atoms with Crippen molar-refractivity contribution in [2.75, 3.05) is 6.54 Å². The van der Waals surface area contributed by atoms with Gasteiger partial charge in [-0.05, 0) is 31.4 Å². The fourth-order valence-corrected chi connectivity index (χ4v) is 6.07. The Morgan fingerprint density at radius 1 is 1.39 bits per heavy atom. The number of hydrogen-bond donors (Lipinski definition) is 0. The quantitative estimate of drug-likeness (QED) is 0.824. The van der Waals surface area contributed by atoms with Crippen molar-refractivity contribution in [2.45, 2.75) is 44.0 Å². The van der Waals surface area contributed by atoms with E-state index in [2.05, 4.69) is 28.6 Å². The van der Waals surface area contributed by atoms with Gasteiger partial charge < -0.3 is 4.57 Å². The van der Waals surface area contributed by atoms with E-state index in [4.69, 9.17) is 11.6 Å². The van der Waals surface area contributed by atoms with Crippen molar-refractivity contribution < 1.29 is 8.42 Å². The second-order valence-electron chi connectivity index (χ2n) is 6.17. The number of nitrogens with zero attached hydrogens (tertiary/aromatic N) is 4. The van der Waals surface area contributed by atoms with Crippen LogP contribution in [0.15, 0.2) is 16.3 Å². The van der Waals surface area contributed by atoms with Crippen LogP contribution in [0.5, 0.6) is 0 Å². The number of sulfonamides is 1. The highest BCUT2D eigenvalue weighted by Crippen LogP contribution is 2.33. The lowest BCUT2D eigenvalue weighted by Gasteiger charge is -2.34. The van der Waals surface area contributed by atoms with Gasteiger partial charge in [0, 0.05) is 6.54 Å². The summed E-state index contributed by atoms with van der Waals surface area (Å²) in [7, 11) is -3.56. The molecule has 23 heavy (non-hydrogen) atoms. The maximum Gasteiger partial charge on any atom is 0.253 e. The Kier molecular flexibility index (Phi) is 4.52. The Bertz CT molecular complexity index is 813. The predicted molar refractivity (Wildman–Crippen MR) is 90.2 cm³/mol. The zero-order valence-electron chi connectivity index (χ0n) is 13.2. The molecule has 2 aromatic rings. The first-order valence-electron chi connectivity index (χ1n) is 7.45. The van der Waals surface area contributed by atoms with Gasteiger partial charge in [-0.2, -0.15) is 4.31 Å². The van der Waals surface area contributed by atoms with E-state index in [9.17, 15) is 8.42 Å². The van der Waals surface area contributed by atoms with Gasteiger partial charge in [0.05, 0.1) is 16.9 Å². The lowest BCUT2D eigenvalue weighted by Crippen LogP contribution is -2.41. The SMILES string of the molecule is Cc1nnc2n1[C@@H](CC(C)C)CN(S(=O)(=O)c1ccc(Cl)s1)C2. The highest BCUT2D eigenvalue weighted by Gasteiger charge is 2.36. The number of aryl methyl sites for hydroxylation is 1. The molecule has 0 fully saturated rings. The number of hydrogen-bond acceptors (Lipinski definition) is 5. The highest BCUT2D eigenvalue weighted by atomic mass is 35.5. The molecule has 6 nitrogen and oxygen atoms in total. The molecule has 0 saturated carbocycles. The maximum atomic E-state index is 12.9. The summed E-state index contributed by atoms with van der Waals surface area (Å²) in [6.45, 7) is 6.85. The molecule has 0 unspecified atom stereocenters. The first-order chi connectivity index (χ1) is 10.8. The third-order valence-electron chi connectivity index (χ3n) is 3.92. The van der Waals surface area contributed by atoms with E-state index in [0.29, 0.717) is 22.6 Å². The molecular weight excluding hydrogens is 356 g/mol. The third kappa shape index (κ3) is 3.17. The molecule has 3 heterocycles. The normalized spacial score (nSPS) is 19.3. The summed E-state index contributed by atoms with van der Waals surface area (Å²) < 4.78 is 30.1. The molecule has 0 bridgehead atoms. The van der Waals surface area contributed by atoms with E-state index in [-0.39, 0.29) is 16.8 Å². The van der Waals surface area contributed by atoms with Crippen molar-refractivity contribution >= 4 is 33.0 Å².